The zero-order chi connectivity index (χ0) is 12.5. The van der Waals surface area contributed by atoms with Crippen LogP contribution in [0.15, 0.2) is 0 Å². The summed E-state index contributed by atoms with van der Waals surface area (Å²) in [7, 11) is 0. The van der Waals surface area contributed by atoms with Gasteiger partial charge in [-0.25, -0.2) is 0 Å². The molecule has 0 aliphatic carbocycles. The Kier molecular flexibility index (Phi) is 7.25. The summed E-state index contributed by atoms with van der Waals surface area (Å²) in [4.78, 5) is 11.8. The van der Waals surface area contributed by atoms with E-state index < -0.39 is 0 Å². The fraction of sp³-hybridized carbons (Fsp3) is 0.929. The van der Waals surface area contributed by atoms with Crippen LogP contribution in [-0.2, 0) is 14.3 Å². The summed E-state index contributed by atoms with van der Waals surface area (Å²) in [6.45, 7) is 5.46. The minimum atomic E-state index is -0.0323. The lowest BCUT2D eigenvalue weighted by molar-refractivity contribution is -0.154. The molecular weight excluding hydrogens is 216 g/mol. The molecule has 17 heavy (non-hydrogen) atoms. The second-order valence-corrected chi connectivity index (χ2v) is 4.87. The monoisotopic (exact) mass is 242 g/mol. The van der Waals surface area contributed by atoms with Crippen molar-refractivity contribution in [2.45, 2.75) is 64.9 Å². The molecule has 1 aliphatic rings. The topological polar surface area (TPSA) is 35.5 Å². The molecule has 1 heterocycles. The minimum absolute atomic E-state index is 0.0323. The van der Waals surface area contributed by atoms with Crippen LogP contribution in [0.2, 0.25) is 0 Å². The number of rotatable bonds is 7. The Hall–Kier alpha value is -0.570. The van der Waals surface area contributed by atoms with Gasteiger partial charge >= 0.3 is 5.97 Å². The van der Waals surface area contributed by atoms with Gasteiger partial charge in [0.1, 0.15) is 6.61 Å². The van der Waals surface area contributed by atoms with Crippen LogP contribution in [-0.4, -0.2) is 25.3 Å². The van der Waals surface area contributed by atoms with E-state index in [4.69, 9.17) is 9.47 Å². The Morgan fingerprint density at radius 2 is 2.24 bits per heavy atom. The number of hydrogen-bond acceptors (Lipinski definition) is 3. The van der Waals surface area contributed by atoms with E-state index in [9.17, 15) is 4.79 Å². The predicted octanol–water partition coefficient (Wildman–Crippen LogP) is 3.32. The average Bonchev–Trinajstić information content (AvgIpc) is 2.38. The third-order valence-electron chi connectivity index (χ3n) is 3.42. The molecule has 0 bridgehead atoms. The van der Waals surface area contributed by atoms with Crippen molar-refractivity contribution >= 4 is 5.97 Å². The van der Waals surface area contributed by atoms with Gasteiger partial charge in [0.25, 0.3) is 0 Å². The first-order valence-corrected chi connectivity index (χ1v) is 7.06. The van der Waals surface area contributed by atoms with Gasteiger partial charge < -0.3 is 9.47 Å². The van der Waals surface area contributed by atoms with Crippen molar-refractivity contribution in [1.82, 2.24) is 0 Å². The summed E-state index contributed by atoms with van der Waals surface area (Å²) in [5, 5.41) is 0. The highest BCUT2D eigenvalue weighted by molar-refractivity contribution is 5.72. The lowest BCUT2D eigenvalue weighted by atomic mass is 10.00. The van der Waals surface area contributed by atoms with Crippen molar-refractivity contribution in [2.24, 2.45) is 5.92 Å². The molecule has 3 nitrogen and oxygen atoms in total. The van der Waals surface area contributed by atoms with Crippen LogP contribution in [0.1, 0.15) is 58.8 Å². The van der Waals surface area contributed by atoms with Gasteiger partial charge in [-0.1, -0.05) is 26.7 Å². The van der Waals surface area contributed by atoms with Crippen LogP contribution >= 0.6 is 0 Å². The molecule has 3 heteroatoms. The number of unbranched alkanes of at least 4 members (excludes halogenated alkanes) is 1. The lowest BCUT2D eigenvalue weighted by Crippen LogP contribution is -2.28. The van der Waals surface area contributed by atoms with Crippen molar-refractivity contribution in [3.05, 3.63) is 0 Å². The molecule has 0 N–H and O–H groups in total. The summed E-state index contributed by atoms with van der Waals surface area (Å²) >= 11 is 0. The van der Waals surface area contributed by atoms with Crippen LogP contribution in [0.25, 0.3) is 0 Å². The van der Waals surface area contributed by atoms with E-state index in [2.05, 4.69) is 13.8 Å². The molecule has 0 amide bonds. The zero-order valence-electron chi connectivity index (χ0n) is 11.2. The highest BCUT2D eigenvalue weighted by Gasteiger charge is 2.20. The molecule has 1 fully saturated rings. The molecule has 0 saturated carbocycles. The first kappa shape index (κ1) is 14.5. The molecule has 0 aromatic carbocycles. The number of ether oxygens (including phenoxy) is 2. The van der Waals surface area contributed by atoms with Gasteiger partial charge in [0.2, 0.25) is 0 Å². The Labute approximate surface area is 105 Å². The lowest BCUT2D eigenvalue weighted by Gasteiger charge is -2.23. The van der Waals surface area contributed by atoms with Gasteiger partial charge in [-0.2, -0.15) is 0 Å². The third-order valence-corrected chi connectivity index (χ3v) is 3.42. The molecule has 1 rings (SSSR count). The molecule has 2 unspecified atom stereocenters. The number of carbonyl (C=O) groups is 1. The van der Waals surface area contributed by atoms with E-state index in [-0.39, 0.29) is 18.0 Å². The molecule has 0 spiro atoms. The maximum absolute atomic E-state index is 11.8. The summed E-state index contributed by atoms with van der Waals surface area (Å²) in [6, 6.07) is 0. The zero-order valence-corrected chi connectivity index (χ0v) is 11.2. The summed E-state index contributed by atoms with van der Waals surface area (Å²) < 4.78 is 10.9. The first-order valence-electron chi connectivity index (χ1n) is 7.06. The predicted molar refractivity (Wildman–Crippen MR) is 67.9 cm³/mol. The molecular formula is C14H26O3. The van der Waals surface area contributed by atoms with Crippen LogP contribution in [0, 0.1) is 5.92 Å². The Morgan fingerprint density at radius 1 is 1.41 bits per heavy atom. The van der Waals surface area contributed by atoms with E-state index in [1.807, 2.05) is 0 Å². The summed E-state index contributed by atoms with van der Waals surface area (Å²) in [5.41, 5.74) is 0. The maximum atomic E-state index is 11.8. The molecule has 2 atom stereocenters. The molecule has 100 valence electrons. The normalized spacial score (nSPS) is 22.1. The van der Waals surface area contributed by atoms with E-state index in [1.165, 1.54) is 6.42 Å². The van der Waals surface area contributed by atoms with E-state index >= 15 is 0 Å². The summed E-state index contributed by atoms with van der Waals surface area (Å²) in [6.07, 6.45) is 7.56. The second-order valence-electron chi connectivity index (χ2n) is 4.87. The van der Waals surface area contributed by atoms with Gasteiger partial charge in [-0.3, -0.25) is 4.79 Å². The van der Waals surface area contributed by atoms with Crippen LogP contribution in [0.5, 0.6) is 0 Å². The third kappa shape index (κ3) is 5.53. The van der Waals surface area contributed by atoms with Crippen LogP contribution < -0.4 is 0 Å². The fourth-order valence-electron chi connectivity index (χ4n) is 2.17. The average molecular weight is 242 g/mol. The van der Waals surface area contributed by atoms with Crippen molar-refractivity contribution < 1.29 is 14.3 Å². The summed E-state index contributed by atoms with van der Waals surface area (Å²) in [5.74, 6) is 0.0497. The molecule has 0 aromatic rings. The fourth-order valence-corrected chi connectivity index (χ4v) is 2.17. The SMILES string of the molecule is CCCCC(CC)C(=O)OCC1CCCCO1. The quantitative estimate of drug-likeness (QED) is 0.642. The van der Waals surface area contributed by atoms with Gasteiger partial charge in [-0.15, -0.1) is 0 Å². The van der Waals surface area contributed by atoms with Crippen molar-refractivity contribution in [2.75, 3.05) is 13.2 Å². The van der Waals surface area contributed by atoms with E-state index in [0.29, 0.717) is 6.61 Å². The maximum Gasteiger partial charge on any atom is 0.309 e. The van der Waals surface area contributed by atoms with Gasteiger partial charge in [0.05, 0.1) is 12.0 Å². The molecule has 1 aliphatic heterocycles. The van der Waals surface area contributed by atoms with Gasteiger partial charge in [-0.05, 0) is 32.1 Å². The standard InChI is InChI=1S/C14H26O3/c1-3-5-8-12(4-2)14(15)17-11-13-9-6-7-10-16-13/h12-13H,3-11H2,1-2H3. The highest BCUT2D eigenvalue weighted by atomic mass is 16.6. The molecule has 1 saturated heterocycles. The van der Waals surface area contributed by atoms with Crippen molar-refractivity contribution in [3.63, 3.8) is 0 Å². The highest BCUT2D eigenvalue weighted by Crippen LogP contribution is 2.17. The number of carbonyl (C=O) groups excluding carboxylic acids is 1. The van der Waals surface area contributed by atoms with Gasteiger partial charge in [0.15, 0.2) is 0 Å². The van der Waals surface area contributed by atoms with Gasteiger partial charge in [0, 0.05) is 6.61 Å². The Morgan fingerprint density at radius 3 is 2.82 bits per heavy atom. The molecule has 0 radical (unpaired) electrons. The van der Waals surface area contributed by atoms with Crippen molar-refractivity contribution in [3.8, 4) is 0 Å². The van der Waals surface area contributed by atoms with Crippen LogP contribution in [0.4, 0.5) is 0 Å². The largest absolute Gasteiger partial charge is 0.463 e. The minimum Gasteiger partial charge on any atom is -0.463 e. The van der Waals surface area contributed by atoms with Crippen LogP contribution in [0.3, 0.4) is 0 Å². The first-order chi connectivity index (χ1) is 8.27. The second kappa shape index (κ2) is 8.51. The van der Waals surface area contributed by atoms with E-state index in [1.54, 1.807) is 0 Å². The number of hydrogen-bond donors (Lipinski definition) is 0. The van der Waals surface area contributed by atoms with Crippen molar-refractivity contribution in [1.29, 1.82) is 0 Å². The smallest absolute Gasteiger partial charge is 0.309 e. The molecule has 0 aromatic heterocycles. The van der Waals surface area contributed by atoms with E-state index in [0.717, 1.165) is 45.1 Å². The number of esters is 1. The Bertz CT molecular complexity index is 210. The Balaban J connectivity index is 2.21.